The van der Waals surface area contributed by atoms with Crippen LogP contribution in [0.25, 0.3) is 11.3 Å². The number of nitrogens with zero attached hydrogens (tertiary/aromatic N) is 1. The van der Waals surface area contributed by atoms with Gasteiger partial charge in [0, 0.05) is 5.56 Å². The lowest BCUT2D eigenvalue weighted by Gasteiger charge is -2.09. The molecule has 0 aliphatic carbocycles. The number of ether oxygens (including phenoxy) is 2. The van der Waals surface area contributed by atoms with Crippen LogP contribution in [0.5, 0.6) is 11.5 Å². The van der Waals surface area contributed by atoms with Crippen LogP contribution in [0, 0.1) is 5.82 Å². The Labute approximate surface area is 155 Å². The van der Waals surface area contributed by atoms with Gasteiger partial charge in [0.1, 0.15) is 11.5 Å². The molecule has 2 aromatic carbocycles. The van der Waals surface area contributed by atoms with Crippen molar-refractivity contribution in [2.24, 2.45) is 0 Å². The predicted molar refractivity (Wildman–Crippen MR) is 98.3 cm³/mol. The average Bonchev–Trinajstić information content (AvgIpc) is 3.29. The third kappa shape index (κ3) is 3.48. The molecule has 1 aliphatic heterocycles. The molecule has 2 N–H and O–H groups in total. The predicted octanol–water partition coefficient (Wildman–Crippen LogP) is 3.69. The van der Waals surface area contributed by atoms with E-state index in [1.165, 1.54) is 12.1 Å². The normalized spacial score (nSPS) is 12.2. The number of rotatable bonds is 5. The highest BCUT2D eigenvalue weighted by molar-refractivity contribution is 5.96. The Morgan fingerprint density at radius 2 is 1.96 bits per heavy atom. The first-order chi connectivity index (χ1) is 13.1. The van der Waals surface area contributed by atoms with Crippen LogP contribution < -0.4 is 14.8 Å². The number of benzene rings is 2. The molecule has 4 rings (SSSR count). The summed E-state index contributed by atoms with van der Waals surface area (Å²) >= 11 is 0. The zero-order valence-corrected chi connectivity index (χ0v) is 14.7. The summed E-state index contributed by atoms with van der Waals surface area (Å²) in [5.41, 5.74) is 3.66. The maximum atomic E-state index is 13.0. The molecule has 27 heavy (non-hydrogen) atoms. The van der Waals surface area contributed by atoms with Crippen molar-refractivity contribution in [3.63, 3.8) is 0 Å². The highest BCUT2D eigenvalue weighted by Gasteiger charge is 2.20. The standard InChI is InChI=1S/C20H18FN3O3/c1-2-15-20(22-18(25)9-12-3-6-14(21)7-4-12)19(24-23-15)13-5-8-16-17(10-13)27-11-26-16/h3-8,10H,2,9,11H2,1H3,(H,22,25)(H,23,24). The Morgan fingerprint density at radius 3 is 2.74 bits per heavy atom. The minimum atomic E-state index is -0.327. The van der Waals surface area contributed by atoms with Crippen molar-refractivity contribution >= 4 is 11.6 Å². The molecule has 1 aliphatic rings. The van der Waals surface area contributed by atoms with E-state index in [2.05, 4.69) is 15.5 Å². The summed E-state index contributed by atoms with van der Waals surface area (Å²) in [6.45, 7) is 2.17. The number of aromatic nitrogens is 2. The number of H-pyrrole nitrogens is 1. The van der Waals surface area contributed by atoms with Gasteiger partial charge in [0.15, 0.2) is 11.5 Å². The van der Waals surface area contributed by atoms with Gasteiger partial charge in [0.05, 0.1) is 17.8 Å². The second-order valence-electron chi connectivity index (χ2n) is 6.20. The maximum Gasteiger partial charge on any atom is 0.231 e. The van der Waals surface area contributed by atoms with Gasteiger partial charge in [-0.25, -0.2) is 4.39 Å². The van der Waals surface area contributed by atoms with Crippen molar-refractivity contribution in [3.8, 4) is 22.8 Å². The number of carbonyl (C=O) groups excluding carboxylic acids is 1. The lowest BCUT2D eigenvalue weighted by Crippen LogP contribution is -2.15. The zero-order valence-electron chi connectivity index (χ0n) is 14.7. The molecule has 0 unspecified atom stereocenters. The Hall–Kier alpha value is -3.35. The van der Waals surface area contributed by atoms with Gasteiger partial charge in [-0.15, -0.1) is 0 Å². The monoisotopic (exact) mass is 367 g/mol. The molecule has 0 saturated carbocycles. The molecule has 0 radical (unpaired) electrons. The molecule has 3 aromatic rings. The topological polar surface area (TPSA) is 76.2 Å². The number of halogens is 1. The Balaban J connectivity index is 1.59. The first-order valence-corrected chi connectivity index (χ1v) is 8.65. The number of hydrogen-bond donors (Lipinski definition) is 2. The fourth-order valence-electron chi connectivity index (χ4n) is 2.99. The van der Waals surface area contributed by atoms with Crippen LogP contribution in [0.2, 0.25) is 0 Å². The molecule has 138 valence electrons. The van der Waals surface area contributed by atoms with Gasteiger partial charge in [0.25, 0.3) is 0 Å². The third-order valence-corrected chi connectivity index (χ3v) is 4.38. The van der Waals surface area contributed by atoms with Gasteiger partial charge in [-0.2, -0.15) is 5.10 Å². The van der Waals surface area contributed by atoms with E-state index in [0.29, 0.717) is 29.3 Å². The number of nitrogens with one attached hydrogen (secondary N) is 2. The lowest BCUT2D eigenvalue weighted by molar-refractivity contribution is -0.115. The Bertz CT molecular complexity index is 983. The maximum absolute atomic E-state index is 13.0. The van der Waals surface area contributed by atoms with Crippen LogP contribution in [-0.2, 0) is 17.6 Å². The lowest BCUT2D eigenvalue weighted by atomic mass is 10.1. The fraction of sp³-hybridized carbons (Fsp3) is 0.200. The molecule has 7 heteroatoms. The molecule has 1 aromatic heterocycles. The molecular formula is C20H18FN3O3. The van der Waals surface area contributed by atoms with Crippen LogP contribution >= 0.6 is 0 Å². The molecule has 0 atom stereocenters. The number of aromatic amines is 1. The molecule has 1 amide bonds. The van der Waals surface area contributed by atoms with Gasteiger partial charge in [-0.05, 0) is 42.3 Å². The summed E-state index contributed by atoms with van der Waals surface area (Å²) in [5, 5.41) is 10.3. The van der Waals surface area contributed by atoms with Crippen LogP contribution in [0.1, 0.15) is 18.2 Å². The smallest absolute Gasteiger partial charge is 0.231 e. The number of hydrogen-bond acceptors (Lipinski definition) is 4. The van der Waals surface area contributed by atoms with E-state index in [4.69, 9.17) is 9.47 Å². The van der Waals surface area contributed by atoms with E-state index in [0.717, 1.165) is 16.8 Å². The third-order valence-electron chi connectivity index (χ3n) is 4.38. The Kier molecular flexibility index (Phi) is 4.50. The molecule has 0 saturated heterocycles. The summed E-state index contributed by atoms with van der Waals surface area (Å²) in [5.74, 6) is 0.816. The average molecular weight is 367 g/mol. The summed E-state index contributed by atoms with van der Waals surface area (Å²) in [7, 11) is 0. The summed E-state index contributed by atoms with van der Waals surface area (Å²) in [6.07, 6.45) is 0.832. The largest absolute Gasteiger partial charge is 0.454 e. The number of aryl methyl sites for hydroxylation is 1. The number of anilines is 1. The first kappa shape index (κ1) is 17.1. The van der Waals surface area contributed by atoms with E-state index in [1.807, 2.05) is 25.1 Å². The minimum Gasteiger partial charge on any atom is -0.454 e. The van der Waals surface area contributed by atoms with Crippen LogP contribution in [0.15, 0.2) is 42.5 Å². The van der Waals surface area contributed by atoms with Crippen LogP contribution in [-0.4, -0.2) is 22.9 Å². The van der Waals surface area contributed by atoms with Crippen molar-refractivity contribution in [1.29, 1.82) is 0 Å². The molecular weight excluding hydrogens is 349 g/mol. The van der Waals surface area contributed by atoms with E-state index >= 15 is 0 Å². The Morgan fingerprint density at radius 1 is 1.19 bits per heavy atom. The minimum absolute atomic E-state index is 0.148. The van der Waals surface area contributed by atoms with E-state index in [1.54, 1.807) is 12.1 Å². The van der Waals surface area contributed by atoms with Crippen molar-refractivity contribution in [1.82, 2.24) is 10.2 Å². The van der Waals surface area contributed by atoms with E-state index in [-0.39, 0.29) is 24.9 Å². The molecule has 6 nitrogen and oxygen atoms in total. The number of amides is 1. The van der Waals surface area contributed by atoms with Crippen molar-refractivity contribution in [2.45, 2.75) is 19.8 Å². The van der Waals surface area contributed by atoms with E-state index < -0.39 is 0 Å². The van der Waals surface area contributed by atoms with Crippen molar-refractivity contribution in [2.75, 3.05) is 12.1 Å². The second-order valence-corrected chi connectivity index (χ2v) is 6.20. The van der Waals surface area contributed by atoms with Crippen molar-refractivity contribution < 1.29 is 18.7 Å². The van der Waals surface area contributed by atoms with Gasteiger partial charge >= 0.3 is 0 Å². The first-order valence-electron chi connectivity index (χ1n) is 8.65. The summed E-state index contributed by atoms with van der Waals surface area (Å²) < 4.78 is 23.8. The van der Waals surface area contributed by atoms with E-state index in [9.17, 15) is 9.18 Å². The molecule has 2 heterocycles. The van der Waals surface area contributed by atoms with Crippen LogP contribution in [0.3, 0.4) is 0 Å². The SMILES string of the molecule is CCc1[nH]nc(-c2ccc3c(c2)OCO3)c1NC(=O)Cc1ccc(F)cc1. The highest BCUT2D eigenvalue weighted by atomic mass is 19.1. The zero-order chi connectivity index (χ0) is 18.8. The summed E-state index contributed by atoms with van der Waals surface area (Å²) in [4.78, 5) is 12.5. The van der Waals surface area contributed by atoms with Gasteiger partial charge in [-0.1, -0.05) is 19.1 Å². The number of carbonyl (C=O) groups is 1. The number of fused-ring (bicyclic) bond motifs is 1. The summed E-state index contributed by atoms with van der Waals surface area (Å²) in [6, 6.07) is 11.4. The van der Waals surface area contributed by atoms with Gasteiger partial charge < -0.3 is 14.8 Å². The molecule has 0 spiro atoms. The second kappa shape index (κ2) is 7.11. The molecule has 0 bridgehead atoms. The van der Waals surface area contributed by atoms with Gasteiger partial charge in [0.2, 0.25) is 12.7 Å². The van der Waals surface area contributed by atoms with Gasteiger partial charge in [-0.3, -0.25) is 9.89 Å². The molecule has 0 fully saturated rings. The fourth-order valence-corrected chi connectivity index (χ4v) is 2.99. The highest BCUT2D eigenvalue weighted by Crippen LogP contribution is 2.38. The van der Waals surface area contributed by atoms with Crippen molar-refractivity contribution in [3.05, 3.63) is 59.5 Å². The quantitative estimate of drug-likeness (QED) is 0.721. The van der Waals surface area contributed by atoms with Crippen LogP contribution in [0.4, 0.5) is 10.1 Å².